The maximum atomic E-state index is 15.2. The van der Waals surface area contributed by atoms with Gasteiger partial charge in [-0.1, -0.05) is 12.2 Å². The van der Waals surface area contributed by atoms with E-state index in [2.05, 4.69) is 0 Å². The molecule has 2 aromatic rings. The van der Waals surface area contributed by atoms with Gasteiger partial charge in [0.2, 0.25) is 5.43 Å². The Kier molecular flexibility index (Phi) is 3.64. The summed E-state index contributed by atoms with van der Waals surface area (Å²) in [5, 5.41) is 10.1. The van der Waals surface area contributed by atoms with Gasteiger partial charge in [-0.2, -0.15) is 0 Å². The minimum atomic E-state index is -1.27. The number of carbonyl (C=O) groups is 1. The maximum absolute atomic E-state index is 15.2. The highest BCUT2D eigenvalue weighted by atomic mass is 32.2. The van der Waals surface area contributed by atoms with E-state index in [9.17, 15) is 14.7 Å². The van der Waals surface area contributed by atoms with E-state index in [4.69, 9.17) is 5.73 Å². The van der Waals surface area contributed by atoms with E-state index in [0.29, 0.717) is 40.6 Å². The summed E-state index contributed by atoms with van der Waals surface area (Å²) in [5.41, 5.74) is 6.99. The number of nitrogens with zero attached hydrogens (tertiary/aromatic N) is 2. The number of hydrogen-bond donors (Lipinski definition) is 2. The fourth-order valence-corrected chi connectivity index (χ4v) is 5.74. The molecular formula is C19H18FN3O3S. The SMILES string of the molecule is NC1CC2CC=Cc3c(c(F)cc4c(=O)c(C(=O)O)c5n(c34)CCS5)N2C1. The number of aromatic carboxylic acids is 1. The van der Waals surface area contributed by atoms with Crippen molar-refractivity contribution in [2.24, 2.45) is 5.73 Å². The van der Waals surface area contributed by atoms with Crippen LogP contribution in [-0.2, 0) is 6.54 Å². The molecular weight excluding hydrogens is 369 g/mol. The summed E-state index contributed by atoms with van der Waals surface area (Å²) in [6.07, 6.45) is 5.45. The third-order valence-corrected chi connectivity index (χ3v) is 6.74. The van der Waals surface area contributed by atoms with E-state index < -0.39 is 17.2 Å². The van der Waals surface area contributed by atoms with Crippen molar-refractivity contribution in [3.63, 3.8) is 0 Å². The van der Waals surface area contributed by atoms with Gasteiger partial charge < -0.3 is 20.3 Å². The highest BCUT2D eigenvalue weighted by Crippen LogP contribution is 2.41. The van der Waals surface area contributed by atoms with Crippen LogP contribution < -0.4 is 16.1 Å². The van der Waals surface area contributed by atoms with Crippen LogP contribution in [0.3, 0.4) is 0 Å². The standard InChI is InChI=1S/C19H18FN3O3S/c20-13-7-12-15(22-4-5-27-18(22)14(17(12)24)19(25)26)11-3-1-2-10-6-9(21)8-23(10)16(11)13/h1,3,7,9-10H,2,4-6,8,21H2,(H,25,26). The zero-order valence-electron chi connectivity index (χ0n) is 14.4. The summed E-state index contributed by atoms with van der Waals surface area (Å²) in [7, 11) is 0. The molecule has 5 rings (SSSR count). The van der Waals surface area contributed by atoms with Crippen molar-refractivity contribution in [1.82, 2.24) is 4.57 Å². The summed E-state index contributed by atoms with van der Waals surface area (Å²) in [5.74, 6) is -1.08. The largest absolute Gasteiger partial charge is 0.477 e. The van der Waals surface area contributed by atoms with E-state index in [-0.39, 0.29) is 23.0 Å². The van der Waals surface area contributed by atoms with Crippen LogP contribution in [0, 0.1) is 5.82 Å². The van der Waals surface area contributed by atoms with Crippen LogP contribution in [0.25, 0.3) is 17.0 Å². The molecule has 0 radical (unpaired) electrons. The first-order chi connectivity index (χ1) is 13.0. The number of fused-ring (bicyclic) bond motifs is 7. The lowest BCUT2D eigenvalue weighted by Crippen LogP contribution is -2.31. The summed E-state index contributed by atoms with van der Waals surface area (Å²) >= 11 is 1.36. The van der Waals surface area contributed by atoms with Crippen LogP contribution in [0.2, 0.25) is 0 Å². The normalized spacial score (nSPS) is 23.3. The van der Waals surface area contributed by atoms with E-state index >= 15 is 4.39 Å². The minimum Gasteiger partial charge on any atom is -0.477 e. The molecule has 27 heavy (non-hydrogen) atoms. The van der Waals surface area contributed by atoms with Gasteiger partial charge in [0.1, 0.15) is 11.4 Å². The molecule has 0 saturated carbocycles. The maximum Gasteiger partial charge on any atom is 0.342 e. The molecule has 3 aliphatic rings. The van der Waals surface area contributed by atoms with Gasteiger partial charge in [0.25, 0.3) is 0 Å². The number of carboxylic acid groups (broad SMARTS) is 1. The van der Waals surface area contributed by atoms with Gasteiger partial charge in [0, 0.05) is 36.5 Å². The number of halogens is 1. The Balaban J connectivity index is 1.91. The predicted octanol–water partition coefficient (Wildman–Crippen LogP) is 2.27. The van der Waals surface area contributed by atoms with Gasteiger partial charge in [0.15, 0.2) is 0 Å². The Hall–Kier alpha value is -2.32. The van der Waals surface area contributed by atoms with Crippen molar-refractivity contribution in [3.8, 4) is 0 Å². The zero-order valence-corrected chi connectivity index (χ0v) is 15.3. The molecule has 140 valence electrons. The molecule has 1 aromatic heterocycles. The molecule has 1 fully saturated rings. The Bertz CT molecular complexity index is 1090. The molecule has 3 N–H and O–H groups in total. The van der Waals surface area contributed by atoms with Crippen LogP contribution in [0.15, 0.2) is 22.0 Å². The van der Waals surface area contributed by atoms with Gasteiger partial charge in [0.05, 0.1) is 21.6 Å². The van der Waals surface area contributed by atoms with Crippen molar-refractivity contribution >= 4 is 40.4 Å². The number of pyridine rings is 1. The highest BCUT2D eigenvalue weighted by Gasteiger charge is 2.36. The van der Waals surface area contributed by atoms with Crippen molar-refractivity contribution in [2.45, 2.75) is 36.5 Å². The summed E-state index contributed by atoms with van der Waals surface area (Å²) in [4.78, 5) is 26.6. The molecule has 1 aromatic carbocycles. The smallest absolute Gasteiger partial charge is 0.342 e. The van der Waals surface area contributed by atoms with E-state index in [1.54, 1.807) is 0 Å². The first kappa shape index (κ1) is 16.8. The van der Waals surface area contributed by atoms with Gasteiger partial charge in [-0.3, -0.25) is 4.79 Å². The van der Waals surface area contributed by atoms with Gasteiger partial charge in [-0.05, 0) is 18.9 Å². The van der Waals surface area contributed by atoms with Crippen molar-refractivity contribution in [1.29, 1.82) is 0 Å². The number of aromatic nitrogens is 1. The second-order valence-electron chi connectivity index (χ2n) is 7.27. The third-order valence-electron chi connectivity index (χ3n) is 5.66. The Morgan fingerprint density at radius 1 is 1.41 bits per heavy atom. The van der Waals surface area contributed by atoms with Gasteiger partial charge >= 0.3 is 5.97 Å². The number of hydrogen-bond acceptors (Lipinski definition) is 5. The lowest BCUT2D eigenvalue weighted by Gasteiger charge is -2.27. The lowest BCUT2D eigenvalue weighted by molar-refractivity contribution is 0.0690. The second-order valence-corrected chi connectivity index (χ2v) is 8.36. The topological polar surface area (TPSA) is 88.6 Å². The fourth-order valence-electron chi connectivity index (χ4n) is 4.61. The molecule has 0 bridgehead atoms. The summed E-state index contributed by atoms with van der Waals surface area (Å²) in [6.45, 7) is 1.16. The van der Waals surface area contributed by atoms with Crippen LogP contribution in [0.4, 0.5) is 10.1 Å². The molecule has 2 atom stereocenters. The second kappa shape index (κ2) is 5.84. The van der Waals surface area contributed by atoms with Crippen LogP contribution in [-0.4, -0.2) is 40.0 Å². The molecule has 1 saturated heterocycles. The van der Waals surface area contributed by atoms with Gasteiger partial charge in [-0.15, -0.1) is 11.8 Å². The zero-order chi connectivity index (χ0) is 18.9. The number of benzene rings is 1. The van der Waals surface area contributed by atoms with Crippen molar-refractivity contribution in [3.05, 3.63) is 39.3 Å². The lowest BCUT2D eigenvalue weighted by atomic mass is 10.0. The highest BCUT2D eigenvalue weighted by molar-refractivity contribution is 7.99. The number of rotatable bonds is 1. The van der Waals surface area contributed by atoms with E-state index in [0.717, 1.165) is 12.8 Å². The number of carboxylic acids is 1. The average molecular weight is 387 g/mol. The molecule has 8 heteroatoms. The van der Waals surface area contributed by atoms with Crippen molar-refractivity contribution < 1.29 is 14.3 Å². The molecule has 0 spiro atoms. The Morgan fingerprint density at radius 3 is 3.00 bits per heavy atom. The predicted molar refractivity (Wildman–Crippen MR) is 103 cm³/mol. The molecule has 0 aliphatic carbocycles. The van der Waals surface area contributed by atoms with Crippen LogP contribution >= 0.6 is 11.8 Å². The molecule has 6 nitrogen and oxygen atoms in total. The molecule has 3 aliphatic heterocycles. The molecule has 0 amide bonds. The molecule has 4 heterocycles. The van der Waals surface area contributed by atoms with Crippen molar-refractivity contribution in [2.75, 3.05) is 17.2 Å². The molecule has 2 unspecified atom stereocenters. The monoisotopic (exact) mass is 387 g/mol. The van der Waals surface area contributed by atoms with Crippen LogP contribution in [0.5, 0.6) is 0 Å². The first-order valence-corrected chi connectivity index (χ1v) is 9.93. The van der Waals surface area contributed by atoms with Crippen LogP contribution in [0.1, 0.15) is 28.8 Å². The average Bonchev–Trinajstić information content (AvgIpc) is 3.17. The van der Waals surface area contributed by atoms with Gasteiger partial charge in [-0.25, -0.2) is 9.18 Å². The van der Waals surface area contributed by atoms with E-state index in [1.807, 2.05) is 21.6 Å². The third kappa shape index (κ3) is 2.29. The number of anilines is 1. The summed E-state index contributed by atoms with van der Waals surface area (Å²) < 4.78 is 17.1. The quantitative estimate of drug-likeness (QED) is 0.780. The Morgan fingerprint density at radius 2 is 2.22 bits per heavy atom. The number of aryl methyl sites for hydroxylation is 1. The summed E-state index contributed by atoms with van der Waals surface area (Å²) in [6, 6.07) is 1.34. The Labute approximate surface area is 158 Å². The number of nitrogens with two attached hydrogens (primary N) is 1. The minimum absolute atomic E-state index is 0.0113. The number of thioether (sulfide) groups is 1. The van der Waals surface area contributed by atoms with E-state index in [1.165, 1.54) is 17.8 Å². The first-order valence-electron chi connectivity index (χ1n) is 8.95. The fraction of sp³-hybridized carbons (Fsp3) is 0.368.